The summed E-state index contributed by atoms with van der Waals surface area (Å²) in [4.78, 5) is 12.5. The molecule has 1 N–H and O–H groups in total. The molecule has 3 rings (SSSR count). The molecule has 0 aliphatic heterocycles. The zero-order valence-electron chi connectivity index (χ0n) is 16.8. The van der Waals surface area contributed by atoms with Gasteiger partial charge in [-0.2, -0.15) is 0 Å². The highest BCUT2D eigenvalue weighted by atomic mass is 32.2. The first kappa shape index (κ1) is 21.4. The van der Waals surface area contributed by atoms with Gasteiger partial charge >= 0.3 is 0 Å². The average Bonchev–Trinajstić information content (AvgIpc) is 3.22. The van der Waals surface area contributed by atoms with Crippen molar-refractivity contribution in [1.82, 2.24) is 5.32 Å². The van der Waals surface area contributed by atoms with E-state index >= 15 is 0 Å². The first-order valence-corrected chi connectivity index (χ1v) is 10.9. The summed E-state index contributed by atoms with van der Waals surface area (Å²) in [7, 11) is -0.403. The summed E-state index contributed by atoms with van der Waals surface area (Å²) in [5.74, 6) is 0.828. The van der Waals surface area contributed by atoms with E-state index in [4.69, 9.17) is 13.9 Å². The van der Waals surface area contributed by atoms with Crippen LogP contribution in [0.15, 0.2) is 70.0 Å². The van der Waals surface area contributed by atoms with Crippen LogP contribution < -0.4 is 14.8 Å². The van der Waals surface area contributed by atoms with Crippen molar-refractivity contribution in [3.63, 3.8) is 0 Å². The topological polar surface area (TPSA) is 94.8 Å². The second kappa shape index (κ2) is 9.49. The highest BCUT2D eigenvalue weighted by Gasteiger charge is 2.19. The molecular formula is C22H23NO6S. The lowest BCUT2D eigenvalue weighted by Crippen LogP contribution is -2.25. The first-order valence-electron chi connectivity index (χ1n) is 9.28. The second-order valence-corrected chi connectivity index (χ2v) is 8.52. The molecule has 0 aliphatic rings. The minimum absolute atomic E-state index is 0.0700. The maximum atomic E-state index is 12.4. The third kappa shape index (κ3) is 5.21. The van der Waals surface area contributed by atoms with Crippen molar-refractivity contribution < 1.29 is 27.1 Å². The molecule has 1 aromatic heterocycles. The summed E-state index contributed by atoms with van der Waals surface area (Å²) in [5.41, 5.74) is 0.974. The quantitative estimate of drug-likeness (QED) is 0.561. The Labute approximate surface area is 175 Å². The number of sulfone groups is 1. The predicted molar refractivity (Wildman–Crippen MR) is 112 cm³/mol. The van der Waals surface area contributed by atoms with E-state index < -0.39 is 15.7 Å². The van der Waals surface area contributed by atoms with Crippen LogP contribution in [-0.2, 0) is 22.0 Å². The van der Waals surface area contributed by atoms with Gasteiger partial charge in [0, 0.05) is 6.54 Å². The van der Waals surface area contributed by atoms with E-state index in [1.807, 2.05) is 18.2 Å². The Bertz CT molecular complexity index is 1110. The van der Waals surface area contributed by atoms with Gasteiger partial charge in [-0.1, -0.05) is 24.3 Å². The molecule has 0 atom stereocenters. The van der Waals surface area contributed by atoms with Gasteiger partial charge in [0.25, 0.3) is 5.91 Å². The fourth-order valence-corrected chi connectivity index (χ4v) is 4.19. The molecule has 0 saturated carbocycles. The molecule has 1 heterocycles. The summed E-state index contributed by atoms with van der Waals surface area (Å²) in [6.45, 7) is 0.382. The minimum atomic E-state index is -3.54. The Morgan fingerprint density at radius 2 is 1.70 bits per heavy atom. The summed E-state index contributed by atoms with van der Waals surface area (Å²) >= 11 is 0. The minimum Gasteiger partial charge on any atom is -0.493 e. The highest BCUT2D eigenvalue weighted by molar-refractivity contribution is 7.90. The molecule has 158 valence electrons. The Morgan fingerprint density at radius 1 is 0.967 bits per heavy atom. The van der Waals surface area contributed by atoms with Crippen LogP contribution in [0.4, 0.5) is 0 Å². The van der Waals surface area contributed by atoms with Crippen molar-refractivity contribution >= 4 is 15.7 Å². The lowest BCUT2D eigenvalue weighted by molar-refractivity contribution is 0.0925. The van der Waals surface area contributed by atoms with E-state index in [0.29, 0.717) is 24.5 Å². The van der Waals surface area contributed by atoms with Crippen LogP contribution in [-0.4, -0.2) is 35.1 Å². The van der Waals surface area contributed by atoms with Crippen LogP contribution in [0.25, 0.3) is 0 Å². The number of carbonyl (C=O) groups excluding carboxylic acids is 1. The lowest BCUT2D eigenvalue weighted by Gasteiger charge is -2.09. The van der Waals surface area contributed by atoms with Gasteiger partial charge in [-0.15, -0.1) is 0 Å². The van der Waals surface area contributed by atoms with Gasteiger partial charge in [0.1, 0.15) is 11.5 Å². The molecule has 0 unspecified atom stereocenters. The number of hydrogen-bond donors (Lipinski definition) is 1. The standard InChI is InChI=1S/C22H23NO6S/c1-27-19-10-8-16(14-21(19)28-2)12-13-23-22(24)20-11-9-17(29-20)15-30(25,26)18-6-4-3-5-7-18/h3-11,14H,12-13,15H2,1-2H3,(H,23,24). The molecule has 7 nitrogen and oxygen atoms in total. The SMILES string of the molecule is COc1ccc(CCNC(=O)c2ccc(CS(=O)(=O)c3ccccc3)o2)cc1OC. The molecule has 8 heteroatoms. The number of ether oxygens (including phenoxy) is 2. The second-order valence-electron chi connectivity index (χ2n) is 6.53. The largest absolute Gasteiger partial charge is 0.493 e. The highest BCUT2D eigenvalue weighted by Crippen LogP contribution is 2.27. The molecule has 3 aromatic rings. The van der Waals surface area contributed by atoms with Crippen LogP contribution in [0, 0.1) is 0 Å². The Balaban J connectivity index is 1.56. The number of benzene rings is 2. The zero-order valence-corrected chi connectivity index (χ0v) is 17.6. The first-order chi connectivity index (χ1) is 14.4. The van der Waals surface area contributed by atoms with E-state index in [2.05, 4.69) is 5.32 Å². The number of carbonyl (C=O) groups is 1. The molecular weight excluding hydrogens is 406 g/mol. The number of nitrogens with one attached hydrogen (secondary N) is 1. The maximum absolute atomic E-state index is 12.4. The maximum Gasteiger partial charge on any atom is 0.287 e. The van der Waals surface area contributed by atoms with E-state index in [-0.39, 0.29) is 22.2 Å². The summed E-state index contributed by atoms with van der Waals surface area (Å²) in [6.07, 6.45) is 0.585. The van der Waals surface area contributed by atoms with Gasteiger partial charge < -0.3 is 19.2 Å². The van der Waals surface area contributed by atoms with E-state index in [0.717, 1.165) is 5.56 Å². The fraction of sp³-hybridized carbons (Fsp3) is 0.227. The number of rotatable bonds is 9. The number of hydrogen-bond acceptors (Lipinski definition) is 6. The molecule has 0 spiro atoms. The molecule has 30 heavy (non-hydrogen) atoms. The molecule has 0 bridgehead atoms. The van der Waals surface area contributed by atoms with Gasteiger partial charge in [-0.05, 0) is 48.4 Å². The summed E-state index contributed by atoms with van der Waals surface area (Å²) < 4.78 is 40.8. The monoisotopic (exact) mass is 429 g/mol. The molecule has 0 saturated heterocycles. The molecule has 0 aliphatic carbocycles. The fourth-order valence-electron chi connectivity index (χ4n) is 2.92. The van der Waals surface area contributed by atoms with Crippen molar-refractivity contribution in [3.8, 4) is 11.5 Å². The van der Waals surface area contributed by atoms with Gasteiger partial charge in [-0.25, -0.2) is 8.42 Å². The van der Waals surface area contributed by atoms with E-state index in [1.54, 1.807) is 32.4 Å². The molecule has 1 amide bonds. The van der Waals surface area contributed by atoms with Gasteiger partial charge in [0.05, 0.1) is 19.1 Å². The Hall–Kier alpha value is -3.26. The average molecular weight is 429 g/mol. The number of methoxy groups -OCH3 is 2. The summed E-state index contributed by atoms with van der Waals surface area (Å²) in [6, 6.07) is 16.7. The van der Waals surface area contributed by atoms with Crippen molar-refractivity contribution in [2.75, 3.05) is 20.8 Å². The van der Waals surface area contributed by atoms with Gasteiger partial charge in [0.15, 0.2) is 27.1 Å². The van der Waals surface area contributed by atoms with Crippen molar-refractivity contribution in [3.05, 3.63) is 77.7 Å². The molecule has 2 aromatic carbocycles. The normalized spacial score (nSPS) is 11.1. The molecule has 0 radical (unpaired) electrons. The van der Waals surface area contributed by atoms with Crippen molar-refractivity contribution in [2.45, 2.75) is 17.1 Å². The third-order valence-corrected chi connectivity index (χ3v) is 6.12. The van der Waals surface area contributed by atoms with E-state index in [1.165, 1.54) is 24.3 Å². The van der Waals surface area contributed by atoms with Crippen LogP contribution >= 0.6 is 0 Å². The lowest BCUT2D eigenvalue weighted by atomic mass is 10.1. The van der Waals surface area contributed by atoms with Gasteiger partial charge in [-0.3, -0.25) is 4.79 Å². The summed E-state index contributed by atoms with van der Waals surface area (Å²) in [5, 5.41) is 2.77. The number of amides is 1. The van der Waals surface area contributed by atoms with Crippen LogP contribution in [0.2, 0.25) is 0 Å². The Morgan fingerprint density at radius 3 is 2.40 bits per heavy atom. The third-order valence-electron chi connectivity index (χ3n) is 4.47. The predicted octanol–water partition coefficient (Wildman–Crippen LogP) is 3.24. The van der Waals surface area contributed by atoms with Crippen molar-refractivity contribution in [1.29, 1.82) is 0 Å². The van der Waals surface area contributed by atoms with Crippen LogP contribution in [0.1, 0.15) is 21.9 Å². The van der Waals surface area contributed by atoms with Crippen LogP contribution in [0.3, 0.4) is 0 Å². The number of furan rings is 1. The van der Waals surface area contributed by atoms with Crippen LogP contribution in [0.5, 0.6) is 11.5 Å². The van der Waals surface area contributed by atoms with Gasteiger partial charge in [0.2, 0.25) is 0 Å². The smallest absolute Gasteiger partial charge is 0.287 e. The zero-order chi connectivity index (χ0) is 21.6. The van der Waals surface area contributed by atoms with E-state index in [9.17, 15) is 13.2 Å². The van der Waals surface area contributed by atoms with Crippen molar-refractivity contribution in [2.24, 2.45) is 0 Å². The Kier molecular flexibility index (Phi) is 6.79. The molecule has 0 fully saturated rings.